The predicted octanol–water partition coefficient (Wildman–Crippen LogP) is 3.60. The largest absolute Gasteiger partial charge is 0.491 e. The van der Waals surface area contributed by atoms with Gasteiger partial charge in [-0.3, -0.25) is 9.59 Å². The minimum atomic E-state index is -0.475. The fourth-order valence-electron chi connectivity index (χ4n) is 2.92. The van der Waals surface area contributed by atoms with Crippen molar-refractivity contribution in [2.75, 3.05) is 16.8 Å². The van der Waals surface area contributed by atoms with Crippen LogP contribution in [0.4, 0.5) is 15.8 Å². The molecule has 1 aliphatic heterocycles. The number of rotatable bonds is 5. The van der Waals surface area contributed by atoms with E-state index < -0.39 is 11.7 Å². The molecule has 2 aromatic rings. The van der Waals surface area contributed by atoms with Crippen LogP contribution in [0.25, 0.3) is 0 Å². The zero-order valence-corrected chi connectivity index (χ0v) is 14.7. The molecule has 0 aromatic heterocycles. The first-order chi connectivity index (χ1) is 12.4. The van der Waals surface area contributed by atoms with Crippen molar-refractivity contribution in [3.63, 3.8) is 0 Å². The summed E-state index contributed by atoms with van der Waals surface area (Å²) in [5.74, 6) is -0.558. The van der Waals surface area contributed by atoms with Crippen molar-refractivity contribution in [1.82, 2.24) is 0 Å². The van der Waals surface area contributed by atoms with Gasteiger partial charge < -0.3 is 15.0 Å². The number of anilines is 2. The average Bonchev–Trinajstić information content (AvgIpc) is 2.97. The number of hydrogen-bond donors (Lipinski definition) is 1. The Bertz CT molecular complexity index is 805. The quantitative estimate of drug-likeness (QED) is 0.890. The molecule has 1 heterocycles. The van der Waals surface area contributed by atoms with E-state index in [9.17, 15) is 14.0 Å². The molecule has 1 aliphatic rings. The fourth-order valence-corrected chi connectivity index (χ4v) is 2.92. The molecule has 2 aromatic carbocycles. The van der Waals surface area contributed by atoms with Gasteiger partial charge in [0.2, 0.25) is 11.8 Å². The van der Waals surface area contributed by atoms with E-state index in [0.29, 0.717) is 12.2 Å². The van der Waals surface area contributed by atoms with Gasteiger partial charge in [0.15, 0.2) is 0 Å². The molecule has 2 amide bonds. The molecule has 26 heavy (non-hydrogen) atoms. The maximum Gasteiger partial charge on any atom is 0.229 e. The van der Waals surface area contributed by atoms with Gasteiger partial charge >= 0.3 is 0 Å². The Labute approximate surface area is 151 Å². The van der Waals surface area contributed by atoms with E-state index >= 15 is 0 Å². The van der Waals surface area contributed by atoms with Crippen LogP contribution in [-0.4, -0.2) is 24.5 Å². The highest BCUT2D eigenvalue weighted by atomic mass is 19.1. The van der Waals surface area contributed by atoms with Gasteiger partial charge in [0.25, 0.3) is 0 Å². The predicted molar refractivity (Wildman–Crippen MR) is 97.7 cm³/mol. The molecule has 3 rings (SSSR count). The monoisotopic (exact) mass is 356 g/mol. The number of hydrogen-bond acceptors (Lipinski definition) is 3. The Kier molecular flexibility index (Phi) is 5.21. The van der Waals surface area contributed by atoms with Crippen LogP contribution in [0.15, 0.2) is 48.5 Å². The summed E-state index contributed by atoms with van der Waals surface area (Å²) in [5, 5.41) is 2.67. The number of benzene rings is 2. The first-order valence-corrected chi connectivity index (χ1v) is 8.56. The fraction of sp³-hybridized carbons (Fsp3) is 0.300. The first kappa shape index (κ1) is 17.9. The summed E-state index contributed by atoms with van der Waals surface area (Å²) in [6, 6.07) is 12.9. The molecule has 1 N–H and O–H groups in total. The second kappa shape index (κ2) is 7.56. The average molecular weight is 356 g/mol. The first-order valence-electron chi connectivity index (χ1n) is 8.56. The smallest absolute Gasteiger partial charge is 0.229 e. The molecule has 6 heteroatoms. The summed E-state index contributed by atoms with van der Waals surface area (Å²) in [5.41, 5.74) is 1.11. The standard InChI is InChI=1S/C20H21FN2O3/c1-13(2)26-18-8-6-17(7-9-18)23-12-14(10-19(23)24)20(25)22-16-5-3-4-15(21)11-16/h3-9,11,13-14H,10,12H2,1-2H3,(H,22,25). The molecular formula is C20H21FN2O3. The van der Waals surface area contributed by atoms with Crippen LogP contribution < -0.4 is 15.0 Å². The van der Waals surface area contributed by atoms with E-state index in [1.54, 1.807) is 11.0 Å². The molecule has 5 nitrogen and oxygen atoms in total. The second-order valence-corrected chi connectivity index (χ2v) is 6.57. The van der Waals surface area contributed by atoms with Crippen molar-refractivity contribution < 1.29 is 18.7 Å². The number of halogens is 1. The van der Waals surface area contributed by atoms with Gasteiger partial charge in [-0.15, -0.1) is 0 Å². The van der Waals surface area contributed by atoms with Crippen LogP contribution in [0.3, 0.4) is 0 Å². The summed E-state index contributed by atoms with van der Waals surface area (Å²) in [7, 11) is 0. The lowest BCUT2D eigenvalue weighted by Crippen LogP contribution is -2.28. The van der Waals surface area contributed by atoms with Gasteiger partial charge in [-0.05, 0) is 56.3 Å². The van der Waals surface area contributed by atoms with Crippen molar-refractivity contribution in [2.45, 2.75) is 26.4 Å². The van der Waals surface area contributed by atoms with Crippen LogP contribution in [0, 0.1) is 11.7 Å². The molecule has 136 valence electrons. The molecule has 0 aliphatic carbocycles. The van der Waals surface area contributed by atoms with Crippen molar-refractivity contribution in [3.8, 4) is 5.75 Å². The molecule has 1 fully saturated rings. The number of nitrogens with zero attached hydrogens (tertiary/aromatic N) is 1. The SMILES string of the molecule is CC(C)Oc1ccc(N2CC(C(=O)Nc3cccc(F)c3)CC2=O)cc1. The third-order valence-corrected chi connectivity index (χ3v) is 4.11. The lowest BCUT2D eigenvalue weighted by molar-refractivity contribution is -0.122. The topological polar surface area (TPSA) is 58.6 Å². The molecule has 1 saturated heterocycles. The van der Waals surface area contributed by atoms with Crippen LogP contribution in [0.2, 0.25) is 0 Å². The molecule has 1 atom stereocenters. The Morgan fingerprint density at radius 2 is 1.96 bits per heavy atom. The minimum absolute atomic E-state index is 0.0742. The van der Waals surface area contributed by atoms with Crippen LogP contribution >= 0.6 is 0 Å². The Balaban J connectivity index is 1.65. The Morgan fingerprint density at radius 3 is 2.62 bits per heavy atom. The van der Waals surface area contributed by atoms with E-state index in [-0.39, 0.29) is 24.3 Å². The number of amides is 2. The highest BCUT2D eigenvalue weighted by Gasteiger charge is 2.35. The van der Waals surface area contributed by atoms with Crippen molar-refractivity contribution >= 4 is 23.2 Å². The maximum absolute atomic E-state index is 13.2. The summed E-state index contributed by atoms with van der Waals surface area (Å²) in [6.45, 7) is 4.18. The molecule has 0 radical (unpaired) electrons. The number of nitrogens with one attached hydrogen (secondary N) is 1. The number of carbonyl (C=O) groups excluding carboxylic acids is 2. The number of carbonyl (C=O) groups is 2. The van der Waals surface area contributed by atoms with E-state index in [1.165, 1.54) is 18.2 Å². The zero-order chi connectivity index (χ0) is 18.7. The summed E-state index contributed by atoms with van der Waals surface area (Å²) in [4.78, 5) is 26.3. The second-order valence-electron chi connectivity index (χ2n) is 6.57. The molecule has 0 bridgehead atoms. The Morgan fingerprint density at radius 1 is 1.23 bits per heavy atom. The molecule has 0 spiro atoms. The summed E-state index contributed by atoms with van der Waals surface area (Å²) < 4.78 is 18.8. The van der Waals surface area contributed by atoms with E-state index in [4.69, 9.17) is 4.74 Å². The van der Waals surface area contributed by atoms with Gasteiger partial charge in [-0.25, -0.2) is 4.39 Å². The summed E-state index contributed by atoms with van der Waals surface area (Å²) in [6.07, 6.45) is 0.205. The molecule has 1 unspecified atom stereocenters. The highest BCUT2D eigenvalue weighted by Crippen LogP contribution is 2.28. The van der Waals surface area contributed by atoms with Crippen molar-refractivity contribution in [1.29, 1.82) is 0 Å². The lowest BCUT2D eigenvalue weighted by atomic mass is 10.1. The van der Waals surface area contributed by atoms with Crippen LogP contribution in [0.5, 0.6) is 5.75 Å². The lowest BCUT2D eigenvalue weighted by Gasteiger charge is -2.18. The maximum atomic E-state index is 13.2. The van der Waals surface area contributed by atoms with Gasteiger partial charge in [0, 0.05) is 24.3 Å². The van der Waals surface area contributed by atoms with E-state index in [1.807, 2.05) is 38.1 Å². The van der Waals surface area contributed by atoms with Crippen molar-refractivity contribution in [2.24, 2.45) is 5.92 Å². The number of ether oxygens (including phenoxy) is 1. The zero-order valence-electron chi connectivity index (χ0n) is 14.7. The minimum Gasteiger partial charge on any atom is -0.491 e. The highest BCUT2D eigenvalue weighted by molar-refractivity contribution is 6.03. The van der Waals surface area contributed by atoms with Gasteiger partial charge in [-0.2, -0.15) is 0 Å². The third kappa shape index (κ3) is 4.20. The van der Waals surface area contributed by atoms with Crippen molar-refractivity contribution in [3.05, 3.63) is 54.3 Å². The van der Waals surface area contributed by atoms with Crippen LogP contribution in [-0.2, 0) is 9.59 Å². The normalized spacial score (nSPS) is 16.8. The molecule has 0 saturated carbocycles. The van der Waals surface area contributed by atoms with Gasteiger partial charge in [0.1, 0.15) is 11.6 Å². The Hall–Kier alpha value is -2.89. The third-order valence-electron chi connectivity index (χ3n) is 4.11. The van der Waals surface area contributed by atoms with Gasteiger partial charge in [0.05, 0.1) is 12.0 Å². The van der Waals surface area contributed by atoms with E-state index in [0.717, 1.165) is 11.4 Å². The van der Waals surface area contributed by atoms with Gasteiger partial charge in [-0.1, -0.05) is 6.07 Å². The molecular weight excluding hydrogens is 335 g/mol. The van der Waals surface area contributed by atoms with E-state index in [2.05, 4.69) is 5.32 Å². The summed E-state index contributed by atoms with van der Waals surface area (Å²) >= 11 is 0. The van der Waals surface area contributed by atoms with Crippen LogP contribution in [0.1, 0.15) is 20.3 Å².